The molecule has 0 spiro atoms. The van der Waals surface area contributed by atoms with Gasteiger partial charge in [-0.2, -0.15) is 0 Å². The van der Waals surface area contributed by atoms with Crippen LogP contribution in [-0.2, 0) is 11.3 Å². The van der Waals surface area contributed by atoms with E-state index in [4.69, 9.17) is 9.26 Å². The van der Waals surface area contributed by atoms with E-state index in [0.717, 1.165) is 16.7 Å². The van der Waals surface area contributed by atoms with Crippen LogP contribution in [0.5, 0.6) is 0 Å². The third-order valence-electron chi connectivity index (χ3n) is 7.14. The Balaban J connectivity index is 1.72. The van der Waals surface area contributed by atoms with Crippen LogP contribution in [0.2, 0.25) is 0 Å². The van der Waals surface area contributed by atoms with Gasteiger partial charge in [0.1, 0.15) is 11.3 Å². The Hall–Kier alpha value is -3.49. The van der Waals surface area contributed by atoms with Crippen LogP contribution in [0.4, 0.5) is 0 Å². The van der Waals surface area contributed by atoms with Crippen LogP contribution in [-0.4, -0.2) is 70.8 Å². The third kappa shape index (κ3) is 5.45. The predicted octanol–water partition coefficient (Wildman–Crippen LogP) is 4.09. The first-order chi connectivity index (χ1) is 17.7. The highest BCUT2D eigenvalue weighted by Gasteiger charge is 2.32. The molecule has 0 radical (unpaired) electrons. The zero-order chi connectivity index (χ0) is 26.7. The van der Waals surface area contributed by atoms with Crippen molar-refractivity contribution in [2.24, 2.45) is 5.92 Å². The summed E-state index contributed by atoms with van der Waals surface area (Å²) in [4.78, 5) is 30.5. The molecule has 8 nitrogen and oxygen atoms in total. The first-order valence-corrected chi connectivity index (χ1v) is 12.6. The van der Waals surface area contributed by atoms with Crippen LogP contribution < -0.4 is 0 Å². The van der Waals surface area contributed by atoms with E-state index in [-0.39, 0.29) is 36.5 Å². The second kappa shape index (κ2) is 11.3. The lowest BCUT2D eigenvalue weighted by atomic mass is 9.94. The molecule has 1 aliphatic rings. The number of carbonyl (C=O) groups excluding carboxylic acids is 2. The summed E-state index contributed by atoms with van der Waals surface area (Å²) in [5.41, 5.74) is 4.31. The van der Waals surface area contributed by atoms with Gasteiger partial charge in [-0.15, -0.1) is 0 Å². The van der Waals surface area contributed by atoms with Crippen molar-refractivity contribution in [1.29, 1.82) is 0 Å². The Bertz CT molecular complexity index is 1250. The molecule has 0 bridgehead atoms. The van der Waals surface area contributed by atoms with E-state index in [9.17, 15) is 14.7 Å². The van der Waals surface area contributed by atoms with Crippen molar-refractivity contribution in [2.45, 2.75) is 46.4 Å². The van der Waals surface area contributed by atoms with E-state index in [1.165, 1.54) is 0 Å². The molecule has 8 heteroatoms. The number of rotatable bonds is 5. The molecule has 2 heterocycles. The van der Waals surface area contributed by atoms with Crippen LogP contribution in [0.3, 0.4) is 0 Å². The number of aliphatic hydroxyl groups excluding tert-OH is 1. The lowest BCUT2D eigenvalue weighted by molar-refractivity contribution is -0.0209. The van der Waals surface area contributed by atoms with E-state index >= 15 is 0 Å². The minimum absolute atomic E-state index is 0.129. The van der Waals surface area contributed by atoms with Gasteiger partial charge in [0.25, 0.3) is 11.8 Å². The van der Waals surface area contributed by atoms with Crippen LogP contribution in [0.15, 0.2) is 53.1 Å². The highest BCUT2D eigenvalue weighted by atomic mass is 16.5. The highest BCUT2D eigenvalue weighted by Crippen LogP contribution is 2.31. The van der Waals surface area contributed by atoms with Crippen molar-refractivity contribution in [3.05, 3.63) is 76.7 Å². The number of ether oxygens (including phenoxy) is 1. The number of nitrogens with zero attached hydrogens (tertiary/aromatic N) is 3. The van der Waals surface area contributed by atoms with Gasteiger partial charge in [0.2, 0.25) is 0 Å². The van der Waals surface area contributed by atoms with E-state index in [1.54, 1.807) is 30.7 Å². The zero-order valence-corrected chi connectivity index (χ0v) is 22.1. The zero-order valence-electron chi connectivity index (χ0n) is 22.1. The van der Waals surface area contributed by atoms with Crippen molar-refractivity contribution < 1.29 is 24.0 Å². The maximum atomic E-state index is 13.9. The van der Waals surface area contributed by atoms with Crippen molar-refractivity contribution in [3.63, 3.8) is 0 Å². The molecule has 0 saturated carbocycles. The van der Waals surface area contributed by atoms with E-state index < -0.39 is 0 Å². The molecule has 0 aliphatic carbocycles. The first kappa shape index (κ1) is 26.6. The minimum Gasteiger partial charge on any atom is -0.394 e. The largest absolute Gasteiger partial charge is 0.394 e. The minimum atomic E-state index is -0.388. The summed E-state index contributed by atoms with van der Waals surface area (Å²) in [6.45, 7) is 8.17. The Morgan fingerprint density at radius 1 is 1.14 bits per heavy atom. The second-order valence-electron chi connectivity index (χ2n) is 9.90. The van der Waals surface area contributed by atoms with Crippen molar-refractivity contribution >= 4 is 11.8 Å². The van der Waals surface area contributed by atoms with E-state index in [0.29, 0.717) is 42.3 Å². The third-order valence-corrected chi connectivity index (χ3v) is 7.14. The van der Waals surface area contributed by atoms with Crippen LogP contribution >= 0.6 is 0 Å². The number of carbonyl (C=O) groups is 2. The number of fused-ring (bicyclic) bond motifs is 3. The maximum absolute atomic E-state index is 13.9. The number of aryl methyl sites for hydroxylation is 2. The molecule has 0 unspecified atom stereocenters. The lowest BCUT2D eigenvalue weighted by Gasteiger charge is -2.35. The predicted molar refractivity (Wildman–Crippen MR) is 140 cm³/mol. The summed E-state index contributed by atoms with van der Waals surface area (Å²) in [7, 11) is 1.73. The fourth-order valence-corrected chi connectivity index (χ4v) is 4.88. The van der Waals surface area contributed by atoms with Crippen molar-refractivity contribution in [1.82, 2.24) is 15.0 Å². The number of aromatic nitrogens is 1. The fourth-order valence-electron chi connectivity index (χ4n) is 4.88. The normalized spacial score (nSPS) is 19.0. The Labute approximate surface area is 217 Å². The molecule has 4 rings (SSSR count). The molecule has 3 atom stereocenters. The maximum Gasteiger partial charge on any atom is 0.259 e. The summed E-state index contributed by atoms with van der Waals surface area (Å²) < 4.78 is 11.7. The molecule has 1 aliphatic heterocycles. The number of aliphatic hydroxyl groups is 1. The average molecular weight is 506 g/mol. The molecule has 0 saturated heterocycles. The number of hydrogen-bond acceptors (Lipinski definition) is 6. The van der Waals surface area contributed by atoms with Gasteiger partial charge < -0.3 is 24.2 Å². The molecule has 37 heavy (non-hydrogen) atoms. The summed E-state index contributed by atoms with van der Waals surface area (Å²) in [5, 5.41) is 13.9. The summed E-state index contributed by atoms with van der Waals surface area (Å²) in [6.07, 6.45) is -0.370. The van der Waals surface area contributed by atoms with E-state index in [2.05, 4.69) is 5.16 Å². The van der Waals surface area contributed by atoms with Gasteiger partial charge in [-0.1, -0.05) is 54.5 Å². The van der Waals surface area contributed by atoms with Gasteiger partial charge in [-0.3, -0.25) is 9.59 Å². The lowest BCUT2D eigenvalue weighted by Crippen LogP contribution is -2.47. The molecule has 1 aromatic heterocycles. The molecule has 2 amide bonds. The Morgan fingerprint density at radius 2 is 1.78 bits per heavy atom. The summed E-state index contributed by atoms with van der Waals surface area (Å²) in [6, 6.07) is 15.1. The average Bonchev–Trinajstić information content (AvgIpc) is 3.24. The van der Waals surface area contributed by atoms with Gasteiger partial charge in [-0.25, -0.2) is 0 Å². The monoisotopic (exact) mass is 505 g/mol. The number of amides is 2. The van der Waals surface area contributed by atoms with Crippen LogP contribution in [0.1, 0.15) is 51.6 Å². The van der Waals surface area contributed by atoms with Crippen molar-refractivity contribution in [3.8, 4) is 11.1 Å². The van der Waals surface area contributed by atoms with Crippen molar-refractivity contribution in [2.75, 3.05) is 26.7 Å². The molecule has 0 fully saturated rings. The van der Waals surface area contributed by atoms with E-state index in [1.807, 2.05) is 62.4 Å². The van der Waals surface area contributed by atoms with Gasteiger partial charge >= 0.3 is 0 Å². The fraction of sp³-hybridized carbons (Fsp3) is 0.414. The number of benzene rings is 2. The van der Waals surface area contributed by atoms with Gasteiger partial charge in [0.05, 0.1) is 31.1 Å². The topological polar surface area (TPSA) is 96.1 Å². The molecule has 3 aromatic rings. The summed E-state index contributed by atoms with van der Waals surface area (Å²) in [5.74, 6) is 0.0201. The van der Waals surface area contributed by atoms with Gasteiger partial charge in [0.15, 0.2) is 0 Å². The molecule has 1 N–H and O–H groups in total. The standard InChI is InChI=1S/C29H35N3O5/c1-18-14-32(19(2)16-33)28(34)25-13-9-8-12-24(25)23-11-7-6-10-22(23)17-36-26(18)15-31(5)29(35)27-20(3)30-37-21(27)4/h6-13,18-19,26,33H,14-17H2,1-5H3/t18-,19-,26+/m0/s1. The quantitative estimate of drug-likeness (QED) is 0.561. The Kier molecular flexibility index (Phi) is 8.10. The molecule has 2 aromatic carbocycles. The van der Waals surface area contributed by atoms with Gasteiger partial charge in [0, 0.05) is 31.6 Å². The first-order valence-electron chi connectivity index (χ1n) is 12.6. The molecule has 196 valence electrons. The van der Waals surface area contributed by atoms with Gasteiger partial charge in [-0.05, 0) is 43.5 Å². The molecular weight excluding hydrogens is 470 g/mol. The summed E-state index contributed by atoms with van der Waals surface area (Å²) >= 11 is 0. The highest BCUT2D eigenvalue weighted by molar-refractivity contribution is 6.01. The van der Waals surface area contributed by atoms with Crippen LogP contribution in [0.25, 0.3) is 11.1 Å². The number of hydrogen-bond donors (Lipinski definition) is 1. The molecular formula is C29H35N3O5. The Morgan fingerprint density at radius 3 is 2.43 bits per heavy atom. The smallest absolute Gasteiger partial charge is 0.259 e. The number of likely N-dealkylation sites (N-methyl/N-ethyl adjacent to an activating group) is 1. The van der Waals surface area contributed by atoms with Crippen LogP contribution in [0, 0.1) is 19.8 Å². The second-order valence-corrected chi connectivity index (χ2v) is 9.90. The SMILES string of the molecule is Cc1noc(C)c1C(=O)N(C)C[C@H]1OCc2ccccc2-c2ccccc2C(=O)N([C@@H](C)CO)C[C@@H]1C.